The summed E-state index contributed by atoms with van der Waals surface area (Å²) < 4.78 is 1.51. The van der Waals surface area contributed by atoms with Gasteiger partial charge in [0, 0.05) is 12.1 Å². The highest BCUT2D eigenvalue weighted by molar-refractivity contribution is 5.95. The topological polar surface area (TPSA) is 84.1 Å². The lowest BCUT2D eigenvalue weighted by atomic mass is 9.97. The number of tetrazole rings is 1. The van der Waals surface area contributed by atoms with Gasteiger partial charge >= 0.3 is 0 Å². The molecule has 0 saturated carbocycles. The normalized spacial score (nSPS) is 19.9. The van der Waals surface area contributed by atoms with Gasteiger partial charge in [0.05, 0.1) is 17.8 Å². The summed E-state index contributed by atoms with van der Waals surface area (Å²) in [5, 5.41) is 21.0. The third-order valence-electron chi connectivity index (χ3n) is 4.07. The Morgan fingerprint density at radius 3 is 3.00 bits per heavy atom. The number of amides is 1. The molecule has 1 aliphatic heterocycles. The molecule has 3 rings (SSSR count). The molecule has 116 valence electrons. The van der Waals surface area contributed by atoms with Gasteiger partial charge in [0.2, 0.25) is 0 Å². The zero-order chi connectivity index (χ0) is 15.5. The summed E-state index contributed by atoms with van der Waals surface area (Å²) >= 11 is 0. The fraction of sp³-hybridized carbons (Fsp3) is 0.467. The van der Waals surface area contributed by atoms with Gasteiger partial charge in [-0.2, -0.15) is 0 Å². The molecule has 7 nitrogen and oxygen atoms in total. The lowest BCUT2D eigenvalue weighted by Crippen LogP contribution is -2.48. The maximum Gasteiger partial charge on any atom is 0.254 e. The summed E-state index contributed by atoms with van der Waals surface area (Å²) in [4.78, 5) is 14.6. The zero-order valence-electron chi connectivity index (χ0n) is 12.5. The van der Waals surface area contributed by atoms with Crippen LogP contribution in [0.3, 0.4) is 0 Å². The fourth-order valence-electron chi connectivity index (χ4n) is 2.94. The van der Waals surface area contributed by atoms with Gasteiger partial charge in [-0.1, -0.05) is 6.07 Å². The van der Waals surface area contributed by atoms with Crippen LogP contribution in [0.15, 0.2) is 30.6 Å². The van der Waals surface area contributed by atoms with Crippen LogP contribution < -0.4 is 0 Å². The van der Waals surface area contributed by atoms with Crippen LogP contribution in [0.5, 0.6) is 0 Å². The molecule has 1 aliphatic rings. The van der Waals surface area contributed by atoms with Gasteiger partial charge in [-0.25, -0.2) is 4.68 Å². The van der Waals surface area contributed by atoms with Gasteiger partial charge in [-0.15, -0.1) is 5.10 Å². The minimum Gasteiger partial charge on any atom is -0.391 e. The Morgan fingerprint density at radius 1 is 1.41 bits per heavy atom. The second-order valence-corrected chi connectivity index (χ2v) is 5.61. The van der Waals surface area contributed by atoms with Gasteiger partial charge in [0.15, 0.2) is 0 Å². The van der Waals surface area contributed by atoms with E-state index in [2.05, 4.69) is 15.5 Å². The molecular formula is C15H19N5O2. The molecule has 1 amide bonds. The first-order valence-electron chi connectivity index (χ1n) is 7.49. The molecule has 2 heterocycles. The summed E-state index contributed by atoms with van der Waals surface area (Å²) in [6.45, 7) is 2.43. The molecule has 7 heteroatoms. The van der Waals surface area contributed by atoms with Crippen molar-refractivity contribution in [3.05, 3.63) is 36.2 Å². The van der Waals surface area contributed by atoms with Crippen molar-refractivity contribution in [1.82, 2.24) is 25.1 Å². The first-order chi connectivity index (χ1) is 10.7. The summed E-state index contributed by atoms with van der Waals surface area (Å²) in [5.74, 6) is -0.0551. The van der Waals surface area contributed by atoms with E-state index in [9.17, 15) is 9.90 Å². The maximum absolute atomic E-state index is 12.8. The Hall–Kier alpha value is -2.28. The van der Waals surface area contributed by atoms with E-state index in [0.29, 0.717) is 12.1 Å². The van der Waals surface area contributed by atoms with E-state index in [1.54, 1.807) is 24.0 Å². The Balaban J connectivity index is 1.86. The highest BCUT2D eigenvalue weighted by Gasteiger charge is 2.30. The number of aliphatic hydroxyl groups is 1. The second kappa shape index (κ2) is 6.23. The third kappa shape index (κ3) is 2.85. The van der Waals surface area contributed by atoms with Crippen LogP contribution in [0.1, 0.15) is 36.5 Å². The lowest BCUT2D eigenvalue weighted by molar-refractivity contribution is 0.0281. The average Bonchev–Trinajstić information content (AvgIpc) is 3.09. The molecule has 2 unspecified atom stereocenters. The van der Waals surface area contributed by atoms with Gasteiger partial charge in [0.25, 0.3) is 5.91 Å². The number of carbonyl (C=O) groups is 1. The van der Waals surface area contributed by atoms with Crippen molar-refractivity contribution in [2.45, 2.75) is 38.3 Å². The van der Waals surface area contributed by atoms with Gasteiger partial charge in [-0.05, 0) is 54.8 Å². The Morgan fingerprint density at radius 2 is 2.27 bits per heavy atom. The molecule has 1 aromatic heterocycles. The van der Waals surface area contributed by atoms with Crippen molar-refractivity contribution in [3.63, 3.8) is 0 Å². The van der Waals surface area contributed by atoms with E-state index in [4.69, 9.17) is 0 Å². The highest BCUT2D eigenvalue weighted by atomic mass is 16.3. The van der Waals surface area contributed by atoms with Crippen LogP contribution in [-0.4, -0.2) is 54.8 Å². The zero-order valence-corrected chi connectivity index (χ0v) is 12.5. The number of benzene rings is 1. The van der Waals surface area contributed by atoms with Crippen LogP contribution in [-0.2, 0) is 0 Å². The SMILES string of the molecule is CC(O)C1CCCCN1C(=O)c1cccc(-n2cnnn2)c1. The van der Waals surface area contributed by atoms with Crippen molar-refractivity contribution in [2.75, 3.05) is 6.54 Å². The van der Waals surface area contributed by atoms with Gasteiger partial charge in [-0.3, -0.25) is 4.79 Å². The number of carbonyl (C=O) groups excluding carboxylic acids is 1. The van der Waals surface area contributed by atoms with Crippen molar-refractivity contribution in [1.29, 1.82) is 0 Å². The quantitative estimate of drug-likeness (QED) is 0.915. The number of hydrogen-bond donors (Lipinski definition) is 1. The molecule has 1 fully saturated rings. The molecule has 2 atom stereocenters. The van der Waals surface area contributed by atoms with Crippen LogP contribution in [0.25, 0.3) is 5.69 Å². The Labute approximate surface area is 128 Å². The first kappa shape index (κ1) is 14.6. The van der Waals surface area contributed by atoms with E-state index in [1.807, 2.05) is 12.1 Å². The van der Waals surface area contributed by atoms with Gasteiger partial charge in [0.1, 0.15) is 6.33 Å². The minimum absolute atomic E-state index is 0.0551. The number of likely N-dealkylation sites (tertiary alicyclic amines) is 1. The molecule has 1 N–H and O–H groups in total. The van der Waals surface area contributed by atoms with E-state index >= 15 is 0 Å². The molecular weight excluding hydrogens is 282 g/mol. The van der Waals surface area contributed by atoms with Crippen molar-refractivity contribution in [3.8, 4) is 5.69 Å². The Bertz CT molecular complexity index is 641. The number of aliphatic hydroxyl groups excluding tert-OH is 1. The number of rotatable bonds is 3. The fourth-order valence-corrected chi connectivity index (χ4v) is 2.94. The molecule has 0 bridgehead atoms. The molecule has 22 heavy (non-hydrogen) atoms. The molecule has 0 radical (unpaired) electrons. The minimum atomic E-state index is -0.521. The largest absolute Gasteiger partial charge is 0.391 e. The summed E-state index contributed by atoms with van der Waals surface area (Å²) in [6.07, 6.45) is 3.83. The smallest absolute Gasteiger partial charge is 0.254 e. The molecule has 0 spiro atoms. The predicted molar refractivity (Wildman–Crippen MR) is 79.5 cm³/mol. The van der Waals surface area contributed by atoms with E-state index in [1.165, 1.54) is 11.0 Å². The van der Waals surface area contributed by atoms with Crippen LogP contribution in [0.4, 0.5) is 0 Å². The molecule has 0 aliphatic carbocycles. The van der Waals surface area contributed by atoms with E-state index < -0.39 is 6.10 Å². The first-order valence-corrected chi connectivity index (χ1v) is 7.49. The third-order valence-corrected chi connectivity index (χ3v) is 4.07. The van der Waals surface area contributed by atoms with Crippen molar-refractivity contribution >= 4 is 5.91 Å². The van der Waals surface area contributed by atoms with Crippen LogP contribution >= 0.6 is 0 Å². The summed E-state index contributed by atoms with van der Waals surface area (Å²) in [7, 11) is 0. The van der Waals surface area contributed by atoms with Gasteiger partial charge < -0.3 is 10.0 Å². The summed E-state index contributed by atoms with van der Waals surface area (Å²) in [5.41, 5.74) is 1.32. The van der Waals surface area contributed by atoms with E-state index in [-0.39, 0.29) is 11.9 Å². The molecule has 1 aromatic carbocycles. The van der Waals surface area contributed by atoms with Crippen LogP contribution in [0.2, 0.25) is 0 Å². The van der Waals surface area contributed by atoms with E-state index in [0.717, 1.165) is 24.9 Å². The molecule has 2 aromatic rings. The standard InChI is InChI=1S/C15H19N5O2/c1-11(21)14-7-2-3-8-19(14)15(22)12-5-4-6-13(9-12)20-10-16-17-18-20/h4-6,9-11,14,21H,2-3,7-8H2,1H3. The highest BCUT2D eigenvalue weighted by Crippen LogP contribution is 2.22. The number of nitrogens with zero attached hydrogens (tertiary/aromatic N) is 5. The summed E-state index contributed by atoms with van der Waals surface area (Å²) in [6, 6.07) is 7.09. The van der Waals surface area contributed by atoms with Crippen LogP contribution in [0, 0.1) is 0 Å². The molecule has 1 saturated heterocycles. The lowest BCUT2D eigenvalue weighted by Gasteiger charge is -2.37. The number of aromatic nitrogens is 4. The van der Waals surface area contributed by atoms with Crippen molar-refractivity contribution in [2.24, 2.45) is 0 Å². The van der Waals surface area contributed by atoms with Crippen molar-refractivity contribution < 1.29 is 9.90 Å². The number of piperidine rings is 1. The monoisotopic (exact) mass is 301 g/mol. The number of hydrogen-bond acceptors (Lipinski definition) is 5. The maximum atomic E-state index is 12.8. The Kier molecular flexibility index (Phi) is 4.15. The second-order valence-electron chi connectivity index (χ2n) is 5.61. The average molecular weight is 301 g/mol. The predicted octanol–water partition coefficient (Wildman–Crippen LogP) is 1.04.